The second-order valence-electron chi connectivity index (χ2n) is 5.17. The van der Waals surface area contributed by atoms with E-state index in [-0.39, 0.29) is 0 Å². The van der Waals surface area contributed by atoms with E-state index in [9.17, 15) is 0 Å². The molecule has 0 amide bonds. The van der Waals surface area contributed by atoms with Gasteiger partial charge in [-0.1, -0.05) is 11.6 Å². The Morgan fingerprint density at radius 3 is 3.11 bits per heavy atom. The Morgan fingerprint density at radius 1 is 1.37 bits per heavy atom. The van der Waals surface area contributed by atoms with Crippen molar-refractivity contribution in [2.45, 2.75) is 12.8 Å². The molecule has 3 nitrogen and oxygen atoms in total. The number of hydrogen-bond donors (Lipinski definition) is 1. The number of halogens is 1. The van der Waals surface area contributed by atoms with Crippen LogP contribution in [-0.4, -0.2) is 24.6 Å². The zero-order valence-electron chi connectivity index (χ0n) is 10.8. The van der Waals surface area contributed by atoms with Crippen LogP contribution < -0.4 is 10.6 Å². The normalized spacial score (nSPS) is 19.3. The van der Waals surface area contributed by atoms with Crippen LogP contribution in [0.25, 0.3) is 10.9 Å². The lowest BCUT2D eigenvalue weighted by Gasteiger charge is -2.20. The molecule has 1 fully saturated rings. The van der Waals surface area contributed by atoms with Gasteiger partial charge in [-0.3, -0.25) is 4.98 Å². The fourth-order valence-electron chi connectivity index (χ4n) is 2.90. The molecule has 1 atom stereocenters. The minimum Gasteiger partial charge on any atom is -0.371 e. The molecule has 0 aliphatic carbocycles. The second-order valence-corrected chi connectivity index (χ2v) is 5.61. The molecular weight excluding hydrogens is 258 g/mol. The molecule has 1 saturated heterocycles. The van der Waals surface area contributed by atoms with Gasteiger partial charge in [0.05, 0.1) is 5.52 Å². The van der Waals surface area contributed by atoms with Crippen molar-refractivity contribution < 1.29 is 0 Å². The van der Waals surface area contributed by atoms with E-state index in [1.165, 1.54) is 17.5 Å². The van der Waals surface area contributed by atoms with E-state index in [0.717, 1.165) is 42.5 Å². The van der Waals surface area contributed by atoms with Crippen LogP contribution in [0.2, 0.25) is 5.02 Å². The molecular formula is C15H18ClN3. The summed E-state index contributed by atoms with van der Waals surface area (Å²) in [6, 6.07) is 8.02. The molecule has 4 heteroatoms. The summed E-state index contributed by atoms with van der Waals surface area (Å²) in [7, 11) is 0. The Kier molecular flexibility index (Phi) is 3.58. The largest absolute Gasteiger partial charge is 0.371 e. The number of hydrogen-bond acceptors (Lipinski definition) is 3. The van der Waals surface area contributed by atoms with Gasteiger partial charge in [0.2, 0.25) is 0 Å². The molecule has 2 heterocycles. The molecule has 2 N–H and O–H groups in total. The van der Waals surface area contributed by atoms with E-state index in [0.29, 0.717) is 0 Å². The highest BCUT2D eigenvalue weighted by Gasteiger charge is 2.23. The lowest BCUT2D eigenvalue weighted by atomic mass is 10.1. The van der Waals surface area contributed by atoms with Crippen molar-refractivity contribution in [3.63, 3.8) is 0 Å². The minimum atomic E-state index is 0.723. The van der Waals surface area contributed by atoms with Gasteiger partial charge >= 0.3 is 0 Å². The van der Waals surface area contributed by atoms with Crippen LogP contribution in [0.4, 0.5) is 5.69 Å². The maximum absolute atomic E-state index is 6.03. The molecule has 1 aromatic carbocycles. The predicted octanol–water partition coefficient (Wildman–Crippen LogP) is 3.06. The quantitative estimate of drug-likeness (QED) is 0.936. The van der Waals surface area contributed by atoms with Crippen LogP contribution in [0.5, 0.6) is 0 Å². The van der Waals surface area contributed by atoms with Crippen LogP contribution in [-0.2, 0) is 0 Å². The molecule has 1 aromatic heterocycles. The molecule has 0 radical (unpaired) electrons. The highest BCUT2D eigenvalue weighted by Crippen LogP contribution is 2.31. The highest BCUT2D eigenvalue weighted by molar-refractivity contribution is 6.31. The van der Waals surface area contributed by atoms with Gasteiger partial charge in [0, 0.05) is 35.4 Å². The summed E-state index contributed by atoms with van der Waals surface area (Å²) >= 11 is 6.03. The van der Waals surface area contributed by atoms with Gasteiger partial charge in [0.1, 0.15) is 0 Å². The monoisotopic (exact) mass is 275 g/mol. The maximum Gasteiger partial charge on any atom is 0.0737 e. The van der Waals surface area contributed by atoms with E-state index in [4.69, 9.17) is 17.3 Å². The lowest BCUT2D eigenvalue weighted by molar-refractivity contribution is 0.546. The number of benzene rings is 1. The fraction of sp³-hybridized carbons (Fsp3) is 0.400. The molecule has 0 bridgehead atoms. The van der Waals surface area contributed by atoms with Crippen molar-refractivity contribution >= 4 is 28.2 Å². The molecule has 0 saturated carbocycles. The predicted molar refractivity (Wildman–Crippen MR) is 80.7 cm³/mol. The molecule has 2 aromatic rings. The summed E-state index contributed by atoms with van der Waals surface area (Å²) in [4.78, 5) is 6.84. The first-order valence-corrected chi connectivity index (χ1v) is 7.15. The first kappa shape index (κ1) is 12.7. The van der Waals surface area contributed by atoms with Gasteiger partial charge in [-0.25, -0.2) is 0 Å². The zero-order chi connectivity index (χ0) is 13.2. The summed E-state index contributed by atoms with van der Waals surface area (Å²) in [5, 5.41) is 1.92. The first-order chi connectivity index (χ1) is 9.28. The minimum absolute atomic E-state index is 0.723. The van der Waals surface area contributed by atoms with Crippen molar-refractivity contribution in [2.24, 2.45) is 11.7 Å². The van der Waals surface area contributed by atoms with Gasteiger partial charge in [0.15, 0.2) is 0 Å². The third-order valence-corrected chi connectivity index (χ3v) is 4.12. The van der Waals surface area contributed by atoms with Crippen molar-refractivity contribution in [3.8, 4) is 0 Å². The molecule has 1 unspecified atom stereocenters. The average Bonchev–Trinajstić information content (AvgIpc) is 2.86. The van der Waals surface area contributed by atoms with E-state index in [1.54, 1.807) is 0 Å². The number of nitrogens with two attached hydrogens (primary N) is 1. The van der Waals surface area contributed by atoms with E-state index >= 15 is 0 Å². The fourth-order valence-corrected chi connectivity index (χ4v) is 3.07. The van der Waals surface area contributed by atoms with Crippen LogP contribution in [0.15, 0.2) is 30.5 Å². The van der Waals surface area contributed by atoms with Crippen molar-refractivity contribution in [1.82, 2.24) is 4.98 Å². The molecule has 19 heavy (non-hydrogen) atoms. The maximum atomic E-state index is 6.03. The van der Waals surface area contributed by atoms with Crippen molar-refractivity contribution in [1.29, 1.82) is 0 Å². The molecule has 100 valence electrons. The summed E-state index contributed by atoms with van der Waals surface area (Å²) in [5.74, 6) is 0.723. The van der Waals surface area contributed by atoms with Crippen LogP contribution in [0, 0.1) is 5.92 Å². The topological polar surface area (TPSA) is 42.1 Å². The standard InChI is InChI=1S/C15H18ClN3/c16-12-1-2-13-14(9-12)18-7-4-15(13)19-8-5-11(10-19)3-6-17/h1-2,4,7,9,11H,3,5-6,8,10,17H2. The third-order valence-electron chi connectivity index (χ3n) is 3.88. The van der Waals surface area contributed by atoms with Gasteiger partial charge in [-0.15, -0.1) is 0 Å². The Morgan fingerprint density at radius 2 is 2.26 bits per heavy atom. The Bertz CT molecular complexity index is 585. The molecule has 0 spiro atoms. The van der Waals surface area contributed by atoms with Crippen LogP contribution >= 0.6 is 11.6 Å². The average molecular weight is 276 g/mol. The number of aromatic nitrogens is 1. The van der Waals surface area contributed by atoms with Gasteiger partial charge < -0.3 is 10.6 Å². The Hall–Kier alpha value is -1.32. The van der Waals surface area contributed by atoms with Crippen molar-refractivity contribution in [3.05, 3.63) is 35.5 Å². The highest BCUT2D eigenvalue weighted by atomic mass is 35.5. The van der Waals surface area contributed by atoms with Crippen LogP contribution in [0.1, 0.15) is 12.8 Å². The third kappa shape index (κ3) is 2.53. The van der Waals surface area contributed by atoms with Gasteiger partial charge in [0.25, 0.3) is 0 Å². The van der Waals surface area contributed by atoms with E-state index in [2.05, 4.69) is 22.0 Å². The summed E-state index contributed by atoms with van der Waals surface area (Å²) in [6.45, 7) is 2.98. The smallest absolute Gasteiger partial charge is 0.0737 e. The molecule has 1 aliphatic rings. The molecule has 1 aliphatic heterocycles. The van der Waals surface area contributed by atoms with Crippen molar-refractivity contribution in [2.75, 3.05) is 24.5 Å². The number of anilines is 1. The summed E-state index contributed by atoms with van der Waals surface area (Å²) in [5.41, 5.74) is 7.89. The zero-order valence-corrected chi connectivity index (χ0v) is 11.6. The second kappa shape index (κ2) is 5.35. The van der Waals surface area contributed by atoms with E-state index in [1.807, 2.05) is 18.3 Å². The first-order valence-electron chi connectivity index (χ1n) is 6.77. The Labute approximate surface area is 118 Å². The number of pyridine rings is 1. The number of nitrogens with zero attached hydrogens (tertiary/aromatic N) is 2. The molecule has 3 rings (SSSR count). The summed E-state index contributed by atoms with van der Waals surface area (Å²) in [6.07, 6.45) is 4.21. The van der Waals surface area contributed by atoms with Gasteiger partial charge in [-0.2, -0.15) is 0 Å². The lowest BCUT2D eigenvalue weighted by Crippen LogP contribution is -2.20. The van der Waals surface area contributed by atoms with Crippen LogP contribution in [0.3, 0.4) is 0 Å². The summed E-state index contributed by atoms with van der Waals surface area (Å²) < 4.78 is 0. The number of rotatable bonds is 3. The van der Waals surface area contributed by atoms with Gasteiger partial charge in [-0.05, 0) is 49.6 Å². The SMILES string of the molecule is NCCC1CCN(c2ccnc3cc(Cl)ccc23)C1. The van der Waals surface area contributed by atoms with E-state index < -0.39 is 0 Å². The Balaban J connectivity index is 1.93. The number of fused-ring (bicyclic) bond motifs is 1.